The van der Waals surface area contributed by atoms with E-state index in [1.165, 1.54) is 37.8 Å². The van der Waals surface area contributed by atoms with Gasteiger partial charge >= 0.3 is 0 Å². The van der Waals surface area contributed by atoms with Gasteiger partial charge in [-0.1, -0.05) is 17.7 Å². The van der Waals surface area contributed by atoms with Crippen LogP contribution < -0.4 is 5.73 Å². The Morgan fingerprint density at radius 2 is 2.05 bits per heavy atom. The van der Waals surface area contributed by atoms with E-state index in [9.17, 15) is 4.39 Å². The summed E-state index contributed by atoms with van der Waals surface area (Å²) < 4.78 is 13.2. The van der Waals surface area contributed by atoms with Crippen molar-refractivity contribution < 1.29 is 4.39 Å². The summed E-state index contributed by atoms with van der Waals surface area (Å²) in [6.45, 7) is 1.65. The quantitative estimate of drug-likeness (QED) is 0.867. The molecule has 0 heterocycles. The molecule has 0 radical (unpaired) electrons. The van der Waals surface area contributed by atoms with Crippen molar-refractivity contribution in [3.63, 3.8) is 0 Å². The molecule has 1 aromatic carbocycles. The smallest absolute Gasteiger partial charge is 0.124 e. The second-order valence-corrected chi connectivity index (χ2v) is 6.20. The number of hydrogen-bond acceptors (Lipinski definition) is 2. The zero-order valence-electron chi connectivity index (χ0n) is 11.0. The first kappa shape index (κ1) is 13.3. The predicted molar refractivity (Wildman–Crippen MR) is 75.7 cm³/mol. The molecule has 19 heavy (non-hydrogen) atoms. The van der Waals surface area contributed by atoms with Gasteiger partial charge in [0.2, 0.25) is 0 Å². The van der Waals surface area contributed by atoms with Gasteiger partial charge in [-0.05, 0) is 49.3 Å². The van der Waals surface area contributed by atoms with Crippen LogP contribution in [0, 0.1) is 11.7 Å². The van der Waals surface area contributed by atoms with Crippen molar-refractivity contribution in [1.82, 2.24) is 4.90 Å². The second-order valence-electron chi connectivity index (χ2n) is 5.79. The Bertz CT molecular complexity index is 457. The predicted octanol–water partition coefficient (Wildman–Crippen LogP) is 3.35. The third-order valence-electron chi connectivity index (χ3n) is 4.13. The van der Waals surface area contributed by atoms with E-state index >= 15 is 0 Å². The van der Waals surface area contributed by atoms with Gasteiger partial charge in [0.25, 0.3) is 0 Å². The van der Waals surface area contributed by atoms with Gasteiger partial charge in [-0.25, -0.2) is 4.39 Å². The first-order chi connectivity index (χ1) is 9.19. The van der Waals surface area contributed by atoms with Gasteiger partial charge < -0.3 is 5.73 Å². The van der Waals surface area contributed by atoms with Crippen LogP contribution in [0.5, 0.6) is 0 Å². The summed E-state index contributed by atoms with van der Waals surface area (Å²) in [5, 5.41) is 0.497. The minimum absolute atomic E-state index is 0.126. The molecule has 3 rings (SSSR count). The molecular weight excluding hydrogens is 263 g/mol. The van der Waals surface area contributed by atoms with Crippen molar-refractivity contribution >= 4 is 11.6 Å². The lowest BCUT2D eigenvalue weighted by Gasteiger charge is -2.32. The van der Waals surface area contributed by atoms with E-state index in [4.69, 9.17) is 17.3 Å². The lowest BCUT2D eigenvalue weighted by Crippen LogP contribution is -2.37. The summed E-state index contributed by atoms with van der Waals surface area (Å²) >= 11 is 6.20. The monoisotopic (exact) mass is 282 g/mol. The van der Waals surface area contributed by atoms with E-state index in [0.717, 1.165) is 18.0 Å². The first-order valence-corrected chi connectivity index (χ1v) is 7.47. The highest BCUT2D eigenvalue weighted by Crippen LogP contribution is 2.40. The van der Waals surface area contributed by atoms with E-state index in [1.807, 2.05) is 0 Å². The van der Waals surface area contributed by atoms with Crippen LogP contribution in [0.4, 0.5) is 4.39 Å². The zero-order chi connectivity index (χ0) is 13.4. The average Bonchev–Trinajstić information content (AvgIpc) is 3.25. The summed E-state index contributed by atoms with van der Waals surface area (Å²) in [7, 11) is 0. The number of nitrogens with zero attached hydrogens (tertiary/aromatic N) is 1. The molecule has 0 amide bonds. The van der Waals surface area contributed by atoms with Gasteiger partial charge in [0.15, 0.2) is 0 Å². The van der Waals surface area contributed by atoms with E-state index < -0.39 is 0 Å². The number of hydrogen-bond donors (Lipinski definition) is 1. The first-order valence-electron chi connectivity index (χ1n) is 7.10. The fourth-order valence-electron chi connectivity index (χ4n) is 2.75. The van der Waals surface area contributed by atoms with Crippen molar-refractivity contribution in [1.29, 1.82) is 0 Å². The largest absolute Gasteiger partial charge is 0.329 e. The fourth-order valence-corrected chi connectivity index (χ4v) is 3.04. The van der Waals surface area contributed by atoms with Crippen LogP contribution in [0.2, 0.25) is 5.02 Å². The zero-order valence-corrected chi connectivity index (χ0v) is 11.7. The third kappa shape index (κ3) is 3.10. The van der Waals surface area contributed by atoms with Crippen LogP contribution >= 0.6 is 11.6 Å². The molecule has 1 atom stereocenters. The Labute approximate surface area is 118 Å². The summed E-state index contributed by atoms with van der Waals surface area (Å²) in [4.78, 5) is 2.50. The van der Waals surface area contributed by atoms with Gasteiger partial charge in [0, 0.05) is 30.2 Å². The molecule has 2 aliphatic carbocycles. The molecule has 4 heteroatoms. The molecule has 104 valence electrons. The molecule has 0 aliphatic heterocycles. The van der Waals surface area contributed by atoms with Crippen molar-refractivity contribution in [2.24, 2.45) is 11.7 Å². The number of benzene rings is 1. The highest BCUT2D eigenvalue weighted by Gasteiger charge is 2.38. The Morgan fingerprint density at radius 3 is 2.58 bits per heavy atom. The Kier molecular flexibility index (Phi) is 3.79. The highest BCUT2D eigenvalue weighted by atomic mass is 35.5. The molecule has 0 spiro atoms. The van der Waals surface area contributed by atoms with Crippen LogP contribution in [-0.2, 0) is 0 Å². The summed E-state index contributed by atoms with van der Waals surface area (Å²) in [5.41, 5.74) is 6.95. The van der Waals surface area contributed by atoms with Crippen molar-refractivity contribution in [3.05, 3.63) is 34.6 Å². The maximum absolute atomic E-state index is 13.2. The molecule has 2 nitrogen and oxygen atoms in total. The molecule has 2 saturated carbocycles. The topological polar surface area (TPSA) is 29.3 Å². The summed E-state index contributed by atoms with van der Waals surface area (Å²) in [5.74, 6) is 0.540. The van der Waals surface area contributed by atoms with E-state index in [0.29, 0.717) is 17.6 Å². The van der Waals surface area contributed by atoms with Crippen molar-refractivity contribution in [2.75, 3.05) is 13.1 Å². The third-order valence-corrected chi connectivity index (χ3v) is 4.45. The van der Waals surface area contributed by atoms with Gasteiger partial charge in [-0.2, -0.15) is 0 Å². The molecule has 0 bridgehead atoms. The van der Waals surface area contributed by atoms with Gasteiger partial charge in [-0.3, -0.25) is 4.90 Å². The van der Waals surface area contributed by atoms with E-state index in [-0.39, 0.29) is 11.9 Å². The molecule has 0 saturated heterocycles. The van der Waals surface area contributed by atoms with Crippen molar-refractivity contribution in [3.8, 4) is 0 Å². The minimum Gasteiger partial charge on any atom is -0.329 e. The lowest BCUT2D eigenvalue weighted by molar-refractivity contribution is 0.183. The molecule has 1 unspecified atom stereocenters. The Morgan fingerprint density at radius 1 is 1.32 bits per heavy atom. The second kappa shape index (κ2) is 5.39. The Balaban J connectivity index is 1.83. The van der Waals surface area contributed by atoms with Crippen LogP contribution in [0.1, 0.15) is 37.3 Å². The standard InChI is InChI=1S/C15H20ClFN2/c16-14-7-11(17)3-6-13(14)15(8-18)19(12-4-5-12)9-10-1-2-10/h3,6-7,10,12,15H,1-2,4-5,8-9,18H2. The van der Waals surface area contributed by atoms with E-state index in [1.54, 1.807) is 6.07 Å². The molecule has 1 aromatic rings. The minimum atomic E-state index is -0.287. The lowest BCUT2D eigenvalue weighted by atomic mass is 10.0. The summed E-state index contributed by atoms with van der Waals surface area (Å²) in [6.07, 6.45) is 5.17. The number of rotatable bonds is 6. The molecule has 2 fully saturated rings. The maximum Gasteiger partial charge on any atom is 0.124 e. The molecule has 0 aromatic heterocycles. The molecule has 2 aliphatic rings. The maximum atomic E-state index is 13.2. The SMILES string of the molecule is NCC(c1ccc(F)cc1Cl)N(CC1CC1)C1CC1. The summed E-state index contributed by atoms with van der Waals surface area (Å²) in [6, 6.07) is 5.43. The van der Waals surface area contributed by atoms with E-state index in [2.05, 4.69) is 4.90 Å². The van der Waals surface area contributed by atoms with Crippen LogP contribution in [0.25, 0.3) is 0 Å². The van der Waals surface area contributed by atoms with Crippen LogP contribution in [-0.4, -0.2) is 24.0 Å². The molecule has 2 N–H and O–H groups in total. The number of nitrogens with two attached hydrogens (primary N) is 1. The van der Waals surface area contributed by atoms with Crippen LogP contribution in [0.15, 0.2) is 18.2 Å². The van der Waals surface area contributed by atoms with Gasteiger partial charge in [0.1, 0.15) is 5.82 Å². The average molecular weight is 283 g/mol. The number of halogens is 2. The fraction of sp³-hybridized carbons (Fsp3) is 0.600. The van der Waals surface area contributed by atoms with Crippen molar-refractivity contribution in [2.45, 2.75) is 37.8 Å². The Hall–Kier alpha value is -0.640. The normalized spacial score (nSPS) is 20.8. The van der Waals surface area contributed by atoms with Gasteiger partial charge in [-0.15, -0.1) is 0 Å². The highest BCUT2D eigenvalue weighted by molar-refractivity contribution is 6.31. The molecular formula is C15H20ClFN2. The van der Waals surface area contributed by atoms with Gasteiger partial charge in [0.05, 0.1) is 0 Å². The van der Waals surface area contributed by atoms with Crippen LogP contribution in [0.3, 0.4) is 0 Å².